The van der Waals surface area contributed by atoms with E-state index in [-0.39, 0.29) is 22.0 Å². The summed E-state index contributed by atoms with van der Waals surface area (Å²) in [5, 5.41) is 0. The van der Waals surface area contributed by atoms with Gasteiger partial charge in [-0.15, -0.1) is 0 Å². The van der Waals surface area contributed by atoms with Gasteiger partial charge in [-0.2, -0.15) is 0 Å². The third-order valence-electron chi connectivity index (χ3n) is 7.60. The van der Waals surface area contributed by atoms with Gasteiger partial charge in [-0.25, -0.2) is 17.5 Å². The summed E-state index contributed by atoms with van der Waals surface area (Å²) in [6, 6.07) is 17.7. The number of amides is 1. The van der Waals surface area contributed by atoms with Gasteiger partial charge in [0.25, 0.3) is 0 Å². The Bertz CT molecular complexity index is 1380. The van der Waals surface area contributed by atoms with Gasteiger partial charge in [0.15, 0.2) is 0 Å². The first-order valence-corrected chi connectivity index (χ1v) is 13.9. The number of aryl methyl sites for hydroxylation is 2. The third kappa shape index (κ3) is 4.82. The molecule has 0 fully saturated rings. The topological polar surface area (TPSA) is 66.5 Å². The van der Waals surface area contributed by atoms with Crippen molar-refractivity contribution in [3.05, 3.63) is 83.2 Å². The van der Waals surface area contributed by atoms with Crippen molar-refractivity contribution in [2.45, 2.75) is 56.8 Å². The lowest BCUT2D eigenvalue weighted by Gasteiger charge is -2.28. The third-order valence-corrected chi connectivity index (χ3v) is 9.03. The van der Waals surface area contributed by atoms with Crippen molar-refractivity contribution in [3.8, 4) is 11.1 Å². The fraction of sp³-hybridized carbons (Fsp3) is 0.345. The average Bonchev–Trinajstić information content (AvgIpc) is 3.22. The van der Waals surface area contributed by atoms with Crippen LogP contribution >= 0.6 is 0 Å². The van der Waals surface area contributed by atoms with Gasteiger partial charge in [0, 0.05) is 24.1 Å². The highest BCUT2D eigenvalue weighted by atomic mass is 32.2. The van der Waals surface area contributed by atoms with Gasteiger partial charge in [-0.3, -0.25) is 4.79 Å². The Morgan fingerprint density at radius 2 is 1.72 bits per heavy atom. The van der Waals surface area contributed by atoms with Gasteiger partial charge in [0.05, 0.1) is 4.90 Å². The van der Waals surface area contributed by atoms with E-state index in [0.29, 0.717) is 19.4 Å². The van der Waals surface area contributed by atoms with Gasteiger partial charge in [0.1, 0.15) is 5.82 Å². The van der Waals surface area contributed by atoms with Crippen LogP contribution in [0.1, 0.15) is 49.8 Å². The maximum atomic E-state index is 13.7. The Balaban J connectivity index is 1.58. The molecule has 0 saturated carbocycles. The number of hydrogen-bond acceptors (Lipinski definition) is 3. The Kier molecular flexibility index (Phi) is 7.34. The quantitative estimate of drug-likeness (QED) is 0.422. The van der Waals surface area contributed by atoms with Crippen LogP contribution in [0.2, 0.25) is 0 Å². The van der Waals surface area contributed by atoms with Crippen molar-refractivity contribution in [2.75, 3.05) is 18.5 Å². The zero-order valence-corrected chi connectivity index (χ0v) is 22.1. The molecule has 1 amide bonds. The molecule has 0 spiro atoms. The molecule has 0 atom stereocenters. The summed E-state index contributed by atoms with van der Waals surface area (Å²) in [7, 11) is -2.10. The lowest BCUT2D eigenvalue weighted by molar-refractivity contribution is -0.118. The number of carbonyl (C=O) groups excluding carboxylic acids is 1. The van der Waals surface area contributed by atoms with E-state index in [2.05, 4.69) is 24.6 Å². The summed E-state index contributed by atoms with van der Waals surface area (Å²) in [5.41, 5.74) is 5.81. The van der Waals surface area contributed by atoms with Crippen LogP contribution in [0.15, 0.2) is 65.6 Å². The van der Waals surface area contributed by atoms with E-state index in [0.717, 1.165) is 40.8 Å². The number of hydrogen-bond donors (Lipinski definition) is 1. The van der Waals surface area contributed by atoms with Crippen LogP contribution in [-0.2, 0) is 26.7 Å². The Labute approximate surface area is 213 Å². The van der Waals surface area contributed by atoms with Crippen LogP contribution in [0.5, 0.6) is 0 Å². The van der Waals surface area contributed by atoms with Crippen LogP contribution in [0.4, 0.5) is 10.1 Å². The van der Waals surface area contributed by atoms with Gasteiger partial charge in [-0.1, -0.05) is 38.1 Å². The van der Waals surface area contributed by atoms with Gasteiger partial charge in [0.2, 0.25) is 15.9 Å². The molecule has 7 heteroatoms. The normalized spacial score (nSPS) is 14.6. The van der Waals surface area contributed by atoms with E-state index >= 15 is 0 Å². The van der Waals surface area contributed by atoms with Crippen molar-refractivity contribution >= 4 is 21.6 Å². The van der Waals surface area contributed by atoms with Crippen molar-refractivity contribution in [2.24, 2.45) is 0 Å². The second kappa shape index (κ2) is 10.1. The zero-order valence-electron chi connectivity index (χ0n) is 21.3. The molecule has 4 rings (SSSR count). The molecule has 1 aliphatic heterocycles. The molecular formula is C29H33FN2O3S. The molecule has 0 aromatic heterocycles. The van der Waals surface area contributed by atoms with Crippen LogP contribution < -0.4 is 9.62 Å². The van der Waals surface area contributed by atoms with Crippen LogP contribution in [-0.4, -0.2) is 27.9 Å². The van der Waals surface area contributed by atoms with Crippen LogP contribution in [0.3, 0.4) is 0 Å². The molecule has 1 heterocycles. The second-order valence-corrected chi connectivity index (χ2v) is 11.4. The number of sulfonamides is 1. The lowest BCUT2D eigenvalue weighted by Crippen LogP contribution is -2.36. The first-order valence-electron chi connectivity index (χ1n) is 12.4. The van der Waals surface area contributed by atoms with Crippen LogP contribution in [0.25, 0.3) is 11.1 Å². The number of halogens is 1. The van der Waals surface area contributed by atoms with Crippen molar-refractivity contribution in [1.29, 1.82) is 0 Å². The number of benzene rings is 3. The predicted molar refractivity (Wildman–Crippen MR) is 142 cm³/mol. The predicted octanol–water partition coefficient (Wildman–Crippen LogP) is 5.75. The molecular weight excluding hydrogens is 475 g/mol. The van der Waals surface area contributed by atoms with Gasteiger partial charge >= 0.3 is 0 Å². The van der Waals surface area contributed by atoms with Gasteiger partial charge < -0.3 is 4.90 Å². The molecule has 5 nitrogen and oxygen atoms in total. The summed E-state index contributed by atoms with van der Waals surface area (Å²) in [5.74, 6) is -0.193. The highest BCUT2D eigenvalue weighted by molar-refractivity contribution is 7.89. The largest absolute Gasteiger partial charge is 0.311 e. The molecule has 190 valence electrons. The molecule has 0 unspecified atom stereocenters. The standard InChI is InChI=1S/C29H33FN2O3S/c1-5-29(6-2)19-32(28(33)16-9-21-7-12-24(13-8-21)36(34,35)31-4)27-15-10-22(18-26(27)29)25-14-11-23(30)17-20(25)3/h7-8,10-15,17-18,31H,5-6,9,16,19H2,1-4H3. The molecule has 0 aliphatic carbocycles. The molecule has 1 N–H and O–H groups in total. The first-order chi connectivity index (χ1) is 17.1. The Morgan fingerprint density at radius 3 is 2.33 bits per heavy atom. The smallest absolute Gasteiger partial charge is 0.240 e. The number of nitrogens with zero attached hydrogens (tertiary/aromatic N) is 1. The minimum atomic E-state index is -3.48. The fourth-order valence-electron chi connectivity index (χ4n) is 5.20. The molecule has 1 aliphatic rings. The first kappa shape index (κ1) is 26.0. The van der Waals surface area contributed by atoms with E-state index in [1.807, 2.05) is 30.0 Å². The van der Waals surface area contributed by atoms with Crippen molar-refractivity contribution in [1.82, 2.24) is 4.72 Å². The Hall–Kier alpha value is -3.03. The highest BCUT2D eigenvalue weighted by Gasteiger charge is 2.42. The van der Waals surface area contributed by atoms with Crippen molar-refractivity contribution in [3.63, 3.8) is 0 Å². The summed E-state index contributed by atoms with van der Waals surface area (Å²) in [4.78, 5) is 15.5. The maximum Gasteiger partial charge on any atom is 0.240 e. The maximum absolute atomic E-state index is 13.7. The molecule has 3 aromatic carbocycles. The second-order valence-electron chi connectivity index (χ2n) is 9.51. The number of nitrogens with one attached hydrogen (secondary N) is 1. The SMILES string of the molecule is CCC1(CC)CN(C(=O)CCc2ccc(S(=O)(=O)NC)cc2)c2ccc(-c3ccc(F)cc3C)cc21. The minimum Gasteiger partial charge on any atom is -0.311 e. The molecule has 0 bridgehead atoms. The monoisotopic (exact) mass is 508 g/mol. The van der Waals surface area contributed by atoms with E-state index in [1.54, 1.807) is 30.3 Å². The summed E-state index contributed by atoms with van der Waals surface area (Å²) < 4.78 is 39.9. The molecule has 3 aromatic rings. The fourth-order valence-corrected chi connectivity index (χ4v) is 5.93. The van der Waals surface area contributed by atoms with E-state index in [9.17, 15) is 17.6 Å². The number of anilines is 1. The van der Waals surface area contributed by atoms with E-state index < -0.39 is 10.0 Å². The number of rotatable bonds is 8. The number of carbonyl (C=O) groups is 1. The molecule has 0 radical (unpaired) electrons. The highest BCUT2D eigenvalue weighted by Crippen LogP contribution is 2.47. The molecule has 36 heavy (non-hydrogen) atoms. The summed E-state index contributed by atoms with van der Waals surface area (Å²) in [6.07, 6.45) is 2.68. The van der Waals surface area contributed by atoms with E-state index in [4.69, 9.17) is 0 Å². The summed E-state index contributed by atoms with van der Waals surface area (Å²) >= 11 is 0. The van der Waals surface area contributed by atoms with E-state index in [1.165, 1.54) is 18.7 Å². The van der Waals surface area contributed by atoms with Crippen LogP contribution in [0, 0.1) is 12.7 Å². The zero-order chi connectivity index (χ0) is 26.1. The minimum absolute atomic E-state index is 0.0534. The lowest BCUT2D eigenvalue weighted by atomic mass is 9.77. The number of fused-ring (bicyclic) bond motifs is 1. The Morgan fingerprint density at radius 1 is 1.03 bits per heavy atom. The summed E-state index contributed by atoms with van der Waals surface area (Å²) in [6.45, 7) is 6.88. The van der Waals surface area contributed by atoms with Gasteiger partial charge in [-0.05, 0) is 97.4 Å². The molecule has 0 saturated heterocycles. The average molecular weight is 509 g/mol. The van der Waals surface area contributed by atoms with Crippen molar-refractivity contribution < 1.29 is 17.6 Å².